The van der Waals surface area contributed by atoms with E-state index in [1.807, 2.05) is 23.6 Å². The molecule has 0 aromatic heterocycles. The minimum absolute atomic E-state index is 0.0376. The van der Waals surface area contributed by atoms with Gasteiger partial charge in [-0.2, -0.15) is 0 Å². The van der Waals surface area contributed by atoms with Crippen molar-refractivity contribution in [1.29, 1.82) is 0 Å². The second kappa shape index (κ2) is 6.30. The van der Waals surface area contributed by atoms with Crippen LogP contribution in [0.3, 0.4) is 0 Å². The van der Waals surface area contributed by atoms with E-state index in [1.165, 1.54) is 0 Å². The molecule has 1 spiro atoms. The molecular weight excluding hydrogens is 322 g/mol. The Morgan fingerprint density at radius 3 is 2.91 bits per heavy atom. The van der Waals surface area contributed by atoms with E-state index in [-0.39, 0.29) is 10.7 Å². The summed E-state index contributed by atoms with van der Waals surface area (Å²) in [6.07, 6.45) is 1.38. The molecule has 0 unspecified atom stereocenters. The third kappa shape index (κ3) is 2.94. The van der Waals surface area contributed by atoms with Gasteiger partial charge >= 0.3 is 0 Å². The third-order valence-corrected chi connectivity index (χ3v) is 6.09. The highest BCUT2D eigenvalue weighted by atomic mass is 35.5. The number of thioether (sulfide) groups is 1. The summed E-state index contributed by atoms with van der Waals surface area (Å²) < 4.78 is 11.0. The van der Waals surface area contributed by atoms with Gasteiger partial charge in [0.25, 0.3) is 5.91 Å². The predicted molar refractivity (Wildman–Crippen MR) is 89.1 cm³/mol. The first-order valence-electron chi connectivity index (χ1n) is 7.45. The van der Waals surface area contributed by atoms with Gasteiger partial charge in [-0.1, -0.05) is 11.6 Å². The summed E-state index contributed by atoms with van der Waals surface area (Å²) in [4.78, 5) is 14.4. The molecule has 22 heavy (non-hydrogen) atoms. The lowest BCUT2D eigenvalue weighted by Gasteiger charge is -2.47. The van der Waals surface area contributed by atoms with Crippen LogP contribution in [0.1, 0.15) is 23.7 Å². The fourth-order valence-electron chi connectivity index (χ4n) is 3.14. The molecule has 0 radical (unpaired) electrons. The summed E-state index contributed by atoms with van der Waals surface area (Å²) in [6, 6.07) is 5.18. The highest BCUT2D eigenvalue weighted by Crippen LogP contribution is 2.46. The number of amides is 1. The topological polar surface area (TPSA) is 38.8 Å². The van der Waals surface area contributed by atoms with Gasteiger partial charge in [0.15, 0.2) is 0 Å². The molecule has 1 atom stereocenters. The van der Waals surface area contributed by atoms with Gasteiger partial charge in [-0.15, -0.1) is 11.8 Å². The zero-order valence-electron chi connectivity index (χ0n) is 12.8. The molecule has 0 bridgehead atoms. The van der Waals surface area contributed by atoms with Crippen LogP contribution in [0.5, 0.6) is 5.75 Å². The van der Waals surface area contributed by atoms with Crippen LogP contribution in [0, 0.1) is 0 Å². The van der Waals surface area contributed by atoms with E-state index >= 15 is 0 Å². The summed E-state index contributed by atoms with van der Waals surface area (Å²) in [6.45, 7) is 4.38. The van der Waals surface area contributed by atoms with Gasteiger partial charge < -0.3 is 14.4 Å². The summed E-state index contributed by atoms with van der Waals surface area (Å²) in [7, 11) is 1.56. The summed E-state index contributed by atoms with van der Waals surface area (Å²) >= 11 is 8.04. The fraction of sp³-hybridized carbons (Fsp3) is 0.562. The molecule has 4 nitrogen and oxygen atoms in total. The number of likely N-dealkylation sites (tertiary alicyclic amines) is 1. The highest BCUT2D eigenvalue weighted by Gasteiger charge is 2.50. The van der Waals surface area contributed by atoms with Crippen LogP contribution >= 0.6 is 23.4 Å². The average molecular weight is 342 g/mol. The summed E-state index contributed by atoms with van der Waals surface area (Å²) in [5.41, 5.74) is 0.616. The maximum absolute atomic E-state index is 12.5. The lowest BCUT2D eigenvalue weighted by atomic mass is 9.92. The first kappa shape index (κ1) is 16.0. The molecule has 0 aliphatic carbocycles. The van der Waals surface area contributed by atoms with Gasteiger partial charge in [-0.3, -0.25) is 4.79 Å². The quantitative estimate of drug-likeness (QED) is 0.843. The maximum atomic E-state index is 12.5. The molecule has 1 aromatic rings. The molecule has 0 saturated carbocycles. The van der Waals surface area contributed by atoms with Crippen LogP contribution in [0.15, 0.2) is 18.2 Å². The van der Waals surface area contributed by atoms with Gasteiger partial charge in [0.1, 0.15) is 5.75 Å². The van der Waals surface area contributed by atoms with Crippen molar-refractivity contribution in [3.8, 4) is 5.75 Å². The van der Waals surface area contributed by atoms with Crippen LogP contribution in [0.25, 0.3) is 0 Å². The van der Waals surface area contributed by atoms with Gasteiger partial charge in [0.2, 0.25) is 0 Å². The van der Waals surface area contributed by atoms with Crippen LogP contribution in [-0.4, -0.2) is 54.2 Å². The zero-order chi connectivity index (χ0) is 15.7. The molecular formula is C16H20ClNO3S. The van der Waals surface area contributed by atoms with E-state index in [2.05, 4.69) is 0 Å². The number of hydrogen-bond acceptors (Lipinski definition) is 4. The van der Waals surface area contributed by atoms with E-state index in [0.717, 1.165) is 31.9 Å². The zero-order valence-corrected chi connectivity index (χ0v) is 14.4. The Hall–Kier alpha value is -0.910. The molecule has 0 N–H and O–H groups in total. The smallest absolute Gasteiger partial charge is 0.254 e. The van der Waals surface area contributed by atoms with Crippen molar-refractivity contribution < 1.29 is 14.3 Å². The van der Waals surface area contributed by atoms with Crippen molar-refractivity contribution in [1.82, 2.24) is 4.90 Å². The van der Waals surface area contributed by atoms with Crippen molar-refractivity contribution in [2.75, 3.05) is 32.6 Å². The Morgan fingerprint density at radius 2 is 2.27 bits per heavy atom. The van der Waals surface area contributed by atoms with Gasteiger partial charge in [-0.25, -0.2) is 0 Å². The Morgan fingerprint density at radius 1 is 1.50 bits per heavy atom. The van der Waals surface area contributed by atoms with Crippen LogP contribution in [-0.2, 0) is 4.74 Å². The number of methoxy groups -OCH3 is 1. The minimum Gasteiger partial charge on any atom is -0.495 e. The third-order valence-electron chi connectivity index (χ3n) is 4.22. The molecule has 2 aliphatic rings. The van der Waals surface area contributed by atoms with Crippen molar-refractivity contribution in [3.05, 3.63) is 28.8 Å². The minimum atomic E-state index is 0.0376. The van der Waals surface area contributed by atoms with Crippen molar-refractivity contribution in [2.24, 2.45) is 0 Å². The number of halogens is 1. The Balaban J connectivity index is 1.61. The van der Waals surface area contributed by atoms with Crippen molar-refractivity contribution in [2.45, 2.75) is 24.2 Å². The average Bonchev–Trinajstić information content (AvgIpc) is 2.89. The van der Waals surface area contributed by atoms with E-state index < -0.39 is 0 Å². The first-order chi connectivity index (χ1) is 10.6. The Labute approximate surface area is 140 Å². The summed E-state index contributed by atoms with van der Waals surface area (Å²) in [5, 5.41) is 0.468. The molecule has 1 amide bonds. The van der Waals surface area contributed by atoms with E-state index in [9.17, 15) is 4.79 Å². The number of benzene rings is 1. The largest absolute Gasteiger partial charge is 0.495 e. The molecule has 2 heterocycles. The fourth-order valence-corrected chi connectivity index (χ4v) is 4.95. The first-order valence-corrected chi connectivity index (χ1v) is 8.81. The van der Waals surface area contributed by atoms with E-state index in [0.29, 0.717) is 22.4 Å². The van der Waals surface area contributed by atoms with E-state index in [4.69, 9.17) is 21.1 Å². The molecule has 2 aliphatic heterocycles. The Bertz CT molecular complexity index is 575. The van der Waals surface area contributed by atoms with Gasteiger partial charge in [-0.05, 0) is 31.5 Å². The second-order valence-electron chi connectivity index (χ2n) is 5.79. The SMILES string of the molecule is CCO[C@H]1CSC2(C1)CN(C(=O)c1ccc(OC)c(Cl)c1)C2. The molecule has 3 rings (SSSR count). The van der Waals surface area contributed by atoms with Crippen molar-refractivity contribution >= 4 is 29.3 Å². The van der Waals surface area contributed by atoms with Crippen LogP contribution in [0.2, 0.25) is 5.02 Å². The number of ether oxygens (including phenoxy) is 2. The van der Waals surface area contributed by atoms with Gasteiger partial charge in [0, 0.05) is 31.0 Å². The Kier molecular flexibility index (Phi) is 4.57. The normalized spacial score (nSPS) is 22.7. The molecule has 120 valence electrons. The van der Waals surface area contributed by atoms with E-state index in [1.54, 1.807) is 25.3 Å². The molecule has 2 saturated heterocycles. The number of hydrogen-bond donors (Lipinski definition) is 0. The van der Waals surface area contributed by atoms with Crippen LogP contribution in [0.4, 0.5) is 0 Å². The second-order valence-corrected chi connectivity index (χ2v) is 7.68. The lowest BCUT2D eigenvalue weighted by Crippen LogP contribution is -2.60. The van der Waals surface area contributed by atoms with Crippen molar-refractivity contribution in [3.63, 3.8) is 0 Å². The van der Waals surface area contributed by atoms with Gasteiger partial charge in [0.05, 0.1) is 23.0 Å². The standard InChI is InChI=1S/C16H20ClNO3S/c1-3-21-12-7-16(22-8-12)9-18(10-16)15(19)11-4-5-14(20-2)13(17)6-11/h4-6,12H,3,7-10H2,1-2H3/t12-/m1/s1. The lowest BCUT2D eigenvalue weighted by molar-refractivity contribution is 0.0359. The molecule has 6 heteroatoms. The monoisotopic (exact) mass is 341 g/mol. The molecule has 1 aromatic carbocycles. The maximum Gasteiger partial charge on any atom is 0.254 e. The number of carbonyl (C=O) groups excluding carboxylic acids is 1. The summed E-state index contributed by atoms with van der Waals surface area (Å²) in [5.74, 6) is 1.66. The predicted octanol–water partition coefficient (Wildman–Crippen LogP) is 3.09. The molecule has 2 fully saturated rings. The van der Waals surface area contributed by atoms with Crippen LogP contribution < -0.4 is 4.74 Å². The number of rotatable bonds is 4. The highest BCUT2D eigenvalue weighted by molar-refractivity contribution is 8.01. The number of nitrogens with zero attached hydrogens (tertiary/aromatic N) is 1. The number of carbonyl (C=O) groups is 1.